The van der Waals surface area contributed by atoms with E-state index in [1.165, 1.54) is 17.0 Å². The Kier molecular flexibility index (Phi) is 5.80. The molecule has 0 saturated carbocycles. The second-order valence-electron chi connectivity index (χ2n) is 7.17. The van der Waals surface area contributed by atoms with Gasteiger partial charge in [0, 0.05) is 35.6 Å². The van der Waals surface area contributed by atoms with Gasteiger partial charge in [0.15, 0.2) is 18.1 Å². The van der Waals surface area contributed by atoms with Crippen molar-refractivity contribution in [3.05, 3.63) is 77.5 Å². The van der Waals surface area contributed by atoms with Crippen molar-refractivity contribution in [2.75, 3.05) is 6.61 Å². The largest absolute Gasteiger partial charge is 0.465 e. The Morgan fingerprint density at radius 1 is 1.12 bits per heavy atom. The lowest BCUT2D eigenvalue weighted by molar-refractivity contribution is -0.136. The molecular formula is C23H21N5O4. The molecule has 32 heavy (non-hydrogen) atoms. The van der Waals surface area contributed by atoms with Crippen molar-refractivity contribution < 1.29 is 18.7 Å². The quantitative estimate of drug-likeness (QED) is 0.251. The Balaban J connectivity index is 1.62. The molecule has 4 rings (SSSR count). The molecule has 3 heterocycles. The molecule has 0 radical (unpaired) electrons. The molecule has 0 aliphatic heterocycles. The average molecular weight is 431 g/mol. The van der Waals surface area contributed by atoms with E-state index in [-0.39, 0.29) is 11.5 Å². The van der Waals surface area contributed by atoms with Gasteiger partial charge in [0.05, 0.1) is 6.26 Å². The van der Waals surface area contributed by atoms with Gasteiger partial charge in [-0.15, -0.1) is 5.10 Å². The number of benzene rings is 1. The van der Waals surface area contributed by atoms with Crippen LogP contribution in [0.15, 0.2) is 59.2 Å². The van der Waals surface area contributed by atoms with Crippen molar-refractivity contribution >= 4 is 23.5 Å². The molecule has 4 aromatic rings. The zero-order valence-electron chi connectivity index (χ0n) is 17.8. The number of esters is 1. The van der Waals surface area contributed by atoms with Gasteiger partial charge in [-0.05, 0) is 42.5 Å². The number of carbonyl (C=O) groups excluding carboxylic acids is 2. The standard InChI is InChI=1S/C23H21N5O4/c1-15-12-19(16(2)27(15)3)21(29)14-32-23(30)20(13-18-10-7-11-31-18)28-22(24-25-26-28)17-8-5-4-6-9-17/h4-13H,14H2,1-3H3/b20-13-. The fraction of sp³-hybridized carbons (Fsp3) is 0.174. The van der Waals surface area contributed by atoms with E-state index >= 15 is 0 Å². The van der Waals surface area contributed by atoms with Gasteiger partial charge in [-0.1, -0.05) is 30.3 Å². The second kappa shape index (κ2) is 8.84. The number of Topliss-reactive ketones (excluding diaryl/α,β-unsaturated/α-hetero) is 1. The van der Waals surface area contributed by atoms with Crippen molar-refractivity contribution in [3.63, 3.8) is 0 Å². The van der Waals surface area contributed by atoms with Crippen LogP contribution in [0.5, 0.6) is 0 Å². The van der Waals surface area contributed by atoms with Crippen LogP contribution in [0.1, 0.15) is 27.5 Å². The third-order valence-corrected chi connectivity index (χ3v) is 5.17. The average Bonchev–Trinajstić information content (AvgIpc) is 3.55. The van der Waals surface area contributed by atoms with E-state index in [0.29, 0.717) is 22.7 Å². The number of furan rings is 1. The smallest absolute Gasteiger partial charge is 0.357 e. The molecule has 0 N–H and O–H groups in total. The lowest BCUT2D eigenvalue weighted by atomic mass is 10.1. The summed E-state index contributed by atoms with van der Waals surface area (Å²) in [6.07, 6.45) is 2.95. The van der Waals surface area contributed by atoms with Gasteiger partial charge in [0.25, 0.3) is 0 Å². The lowest BCUT2D eigenvalue weighted by Gasteiger charge is -2.09. The van der Waals surface area contributed by atoms with E-state index in [1.807, 2.05) is 55.8 Å². The monoisotopic (exact) mass is 431 g/mol. The highest BCUT2D eigenvalue weighted by Gasteiger charge is 2.23. The molecule has 1 aromatic carbocycles. The first-order valence-corrected chi connectivity index (χ1v) is 9.88. The topological polar surface area (TPSA) is 105 Å². The minimum absolute atomic E-state index is 0.0116. The van der Waals surface area contributed by atoms with E-state index in [2.05, 4.69) is 15.5 Å². The zero-order chi connectivity index (χ0) is 22.7. The van der Waals surface area contributed by atoms with Crippen LogP contribution in [0.2, 0.25) is 0 Å². The number of hydrogen-bond acceptors (Lipinski definition) is 7. The predicted molar refractivity (Wildman–Crippen MR) is 116 cm³/mol. The summed E-state index contributed by atoms with van der Waals surface area (Å²) in [5.74, 6) is -0.296. The first kappa shape index (κ1) is 21.0. The number of hydrogen-bond donors (Lipinski definition) is 0. The number of carbonyl (C=O) groups is 2. The Morgan fingerprint density at radius 2 is 1.91 bits per heavy atom. The van der Waals surface area contributed by atoms with Crippen molar-refractivity contribution in [1.82, 2.24) is 24.8 Å². The first-order chi connectivity index (χ1) is 15.5. The molecule has 162 valence electrons. The van der Waals surface area contributed by atoms with Crippen LogP contribution in [0.25, 0.3) is 23.2 Å². The summed E-state index contributed by atoms with van der Waals surface area (Å²) in [6.45, 7) is 3.34. The number of rotatable bonds is 7. The van der Waals surface area contributed by atoms with Crippen LogP contribution in [0, 0.1) is 13.8 Å². The fourth-order valence-electron chi connectivity index (χ4n) is 3.25. The third kappa shape index (κ3) is 4.13. The third-order valence-electron chi connectivity index (χ3n) is 5.17. The Bertz CT molecular complexity index is 1280. The van der Waals surface area contributed by atoms with Crippen LogP contribution in [0.4, 0.5) is 0 Å². The van der Waals surface area contributed by atoms with Crippen LogP contribution >= 0.6 is 0 Å². The molecule has 0 spiro atoms. The number of ketones is 1. The highest BCUT2D eigenvalue weighted by molar-refractivity contribution is 6.16. The summed E-state index contributed by atoms with van der Waals surface area (Å²) in [7, 11) is 1.88. The maximum Gasteiger partial charge on any atom is 0.357 e. The summed E-state index contributed by atoms with van der Waals surface area (Å²) < 4.78 is 13.9. The number of aryl methyl sites for hydroxylation is 1. The SMILES string of the molecule is Cc1cc(C(=O)COC(=O)/C(=C/c2ccco2)n2nnnc2-c2ccccc2)c(C)n1C. The van der Waals surface area contributed by atoms with Gasteiger partial charge in [-0.2, -0.15) is 4.68 Å². The maximum atomic E-state index is 13.0. The molecule has 0 atom stereocenters. The Morgan fingerprint density at radius 3 is 2.56 bits per heavy atom. The molecule has 0 aliphatic carbocycles. The summed E-state index contributed by atoms with van der Waals surface area (Å²) in [4.78, 5) is 25.7. The second-order valence-corrected chi connectivity index (χ2v) is 7.17. The molecule has 9 nitrogen and oxygen atoms in total. The summed E-state index contributed by atoms with van der Waals surface area (Å²) >= 11 is 0. The minimum Gasteiger partial charge on any atom is -0.465 e. The number of aromatic nitrogens is 5. The number of ether oxygens (including phenoxy) is 1. The van der Waals surface area contributed by atoms with E-state index in [1.54, 1.807) is 18.2 Å². The van der Waals surface area contributed by atoms with Gasteiger partial charge in [-0.25, -0.2) is 4.79 Å². The van der Waals surface area contributed by atoms with Gasteiger partial charge in [-0.3, -0.25) is 4.79 Å². The molecule has 3 aromatic heterocycles. The molecule has 0 amide bonds. The van der Waals surface area contributed by atoms with Crippen LogP contribution in [-0.2, 0) is 16.6 Å². The van der Waals surface area contributed by atoms with Crippen molar-refractivity contribution in [3.8, 4) is 11.4 Å². The lowest BCUT2D eigenvalue weighted by Crippen LogP contribution is -2.19. The Hall–Kier alpha value is -4.27. The highest BCUT2D eigenvalue weighted by Crippen LogP contribution is 2.22. The zero-order valence-corrected chi connectivity index (χ0v) is 17.8. The minimum atomic E-state index is -0.760. The molecule has 0 saturated heterocycles. The van der Waals surface area contributed by atoms with Gasteiger partial charge >= 0.3 is 5.97 Å². The molecule has 0 bridgehead atoms. The molecule has 9 heteroatoms. The van der Waals surface area contributed by atoms with Crippen LogP contribution < -0.4 is 0 Å². The fourth-order valence-corrected chi connectivity index (χ4v) is 3.25. The number of tetrazole rings is 1. The molecule has 0 aliphatic rings. The molecule has 0 fully saturated rings. The van der Waals surface area contributed by atoms with Crippen LogP contribution in [0.3, 0.4) is 0 Å². The highest BCUT2D eigenvalue weighted by atomic mass is 16.5. The summed E-state index contributed by atoms with van der Waals surface area (Å²) in [6, 6.07) is 14.3. The first-order valence-electron chi connectivity index (χ1n) is 9.88. The number of nitrogens with zero attached hydrogens (tertiary/aromatic N) is 5. The predicted octanol–water partition coefficient (Wildman–Crippen LogP) is 3.31. The van der Waals surface area contributed by atoms with E-state index < -0.39 is 12.6 Å². The summed E-state index contributed by atoms with van der Waals surface area (Å²) in [5.41, 5.74) is 2.99. The van der Waals surface area contributed by atoms with Gasteiger partial charge in [0.2, 0.25) is 5.78 Å². The van der Waals surface area contributed by atoms with Crippen molar-refractivity contribution in [2.24, 2.45) is 7.05 Å². The summed E-state index contributed by atoms with van der Waals surface area (Å²) in [5, 5.41) is 11.7. The van der Waals surface area contributed by atoms with Gasteiger partial charge in [0.1, 0.15) is 5.76 Å². The van der Waals surface area contributed by atoms with Gasteiger partial charge < -0.3 is 13.7 Å². The molecular weight excluding hydrogens is 410 g/mol. The van der Waals surface area contributed by atoms with E-state index in [9.17, 15) is 9.59 Å². The van der Waals surface area contributed by atoms with Crippen molar-refractivity contribution in [2.45, 2.75) is 13.8 Å². The normalized spacial score (nSPS) is 11.5. The Labute approximate surface area is 183 Å². The molecule has 0 unspecified atom stereocenters. The van der Waals surface area contributed by atoms with E-state index in [4.69, 9.17) is 9.15 Å². The van der Waals surface area contributed by atoms with Crippen molar-refractivity contribution in [1.29, 1.82) is 0 Å². The van der Waals surface area contributed by atoms with E-state index in [0.717, 1.165) is 11.4 Å². The maximum absolute atomic E-state index is 13.0. The van der Waals surface area contributed by atoms with Crippen LogP contribution in [-0.4, -0.2) is 43.1 Å².